The lowest BCUT2D eigenvalue weighted by molar-refractivity contribution is 0.0821. The summed E-state index contributed by atoms with van der Waals surface area (Å²) in [5, 5.41) is 13.6. The standard InChI is InChI=1S/C15H20N4OS/c1-10(2)14(12-6-5-9-21-12)16-13-8-7-11(17-18-13)15(20)19(3)4/h5-10,14H,1-4H3,(H,16,18). The van der Waals surface area contributed by atoms with Crippen LogP contribution in [0, 0.1) is 5.92 Å². The van der Waals surface area contributed by atoms with Crippen LogP contribution in [-0.4, -0.2) is 35.1 Å². The summed E-state index contributed by atoms with van der Waals surface area (Å²) in [4.78, 5) is 14.5. The Hall–Kier alpha value is -1.95. The molecule has 5 nitrogen and oxygen atoms in total. The van der Waals surface area contributed by atoms with Crippen LogP contribution in [0.4, 0.5) is 5.82 Å². The Labute approximate surface area is 129 Å². The fourth-order valence-corrected chi connectivity index (χ4v) is 2.90. The molecule has 1 atom stereocenters. The normalized spacial score (nSPS) is 12.2. The molecule has 21 heavy (non-hydrogen) atoms. The highest BCUT2D eigenvalue weighted by atomic mass is 32.1. The van der Waals surface area contributed by atoms with Crippen LogP contribution in [0.3, 0.4) is 0 Å². The molecule has 0 fully saturated rings. The van der Waals surface area contributed by atoms with Crippen molar-refractivity contribution in [3.63, 3.8) is 0 Å². The van der Waals surface area contributed by atoms with Gasteiger partial charge < -0.3 is 10.2 Å². The third-order valence-corrected chi connectivity index (χ3v) is 4.07. The second kappa shape index (κ2) is 6.67. The molecule has 2 aromatic heterocycles. The van der Waals surface area contributed by atoms with Gasteiger partial charge in [0.25, 0.3) is 5.91 Å². The van der Waals surface area contributed by atoms with Crippen LogP contribution < -0.4 is 5.32 Å². The zero-order valence-corrected chi connectivity index (χ0v) is 13.5. The number of thiophene rings is 1. The van der Waals surface area contributed by atoms with Gasteiger partial charge >= 0.3 is 0 Å². The number of hydrogen-bond donors (Lipinski definition) is 1. The number of carbonyl (C=O) groups excluding carboxylic acids is 1. The van der Waals surface area contributed by atoms with Gasteiger partial charge in [-0.25, -0.2) is 0 Å². The van der Waals surface area contributed by atoms with Gasteiger partial charge in [0.15, 0.2) is 5.69 Å². The summed E-state index contributed by atoms with van der Waals surface area (Å²) in [7, 11) is 3.39. The van der Waals surface area contributed by atoms with Crippen molar-refractivity contribution < 1.29 is 4.79 Å². The minimum atomic E-state index is -0.146. The van der Waals surface area contributed by atoms with E-state index in [-0.39, 0.29) is 11.9 Å². The molecule has 0 aliphatic carbocycles. The first-order valence-corrected chi connectivity index (χ1v) is 7.72. The van der Waals surface area contributed by atoms with Crippen molar-refractivity contribution in [2.45, 2.75) is 19.9 Å². The molecule has 1 N–H and O–H groups in total. The second-order valence-electron chi connectivity index (χ2n) is 5.38. The number of anilines is 1. The molecule has 1 unspecified atom stereocenters. The average Bonchev–Trinajstić information content (AvgIpc) is 2.98. The predicted molar refractivity (Wildman–Crippen MR) is 85.6 cm³/mol. The van der Waals surface area contributed by atoms with E-state index >= 15 is 0 Å². The lowest BCUT2D eigenvalue weighted by Crippen LogP contribution is -2.23. The van der Waals surface area contributed by atoms with E-state index in [0.29, 0.717) is 17.4 Å². The molecule has 112 valence electrons. The zero-order valence-electron chi connectivity index (χ0n) is 12.7. The van der Waals surface area contributed by atoms with Crippen LogP contribution in [0.15, 0.2) is 29.6 Å². The summed E-state index contributed by atoms with van der Waals surface area (Å²) in [5.74, 6) is 0.957. The fraction of sp³-hybridized carbons (Fsp3) is 0.400. The highest BCUT2D eigenvalue weighted by Gasteiger charge is 2.18. The van der Waals surface area contributed by atoms with Gasteiger partial charge in [-0.15, -0.1) is 21.5 Å². The smallest absolute Gasteiger partial charge is 0.273 e. The largest absolute Gasteiger partial charge is 0.361 e. The van der Waals surface area contributed by atoms with Gasteiger partial charge in [-0.05, 0) is 29.5 Å². The number of amides is 1. The molecule has 0 aliphatic rings. The SMILES string of the molecule is CC(C)C(Nc1ccc(C(=O)N(C)C)nn1)c1cccs1. The quantitative estimate of drug-likeness (QED) is 0.922. The van der Waals surface area contributed by atoms with E-state index in [1.165, 1.54) is 9.78 Å². The van der Waals surface area contributed by atoms with Gasteiger partial charge in [-0.3, -0.25) is 4.79 Å². The van der Waals surface area contributed by atoms with Crippen LogP contribution in [-0.2, 0) is 0 Å². The van der Waals surface area contributed by atoms with Crippen molar-refractivity contribution in [1.29, 1.82) is 0 Å². The molecule has 0 bridgehead atoms. The first kappa shape index (κ1) is 15.4. The number of nitrogens with one attached hydrogen (secondary N) is 1. The number of aromatic nitrogens is 2. The topological polar surface area (TPSA) is 58.1 Å². The molecule has 2 rings (SSSR count). The van der Waals surface area contributed by atoms with Crippen molar-refractivity contribution in [1.82, 2.24) is 15.1 Å². The van der Waals surface area contributed by atoms with E-state index < -0.39 is 0 Å². The van der Waals surface area contributed by atoms with Crippen LogP contribution in [0.5, 0.6) is 0 Å². The minimum absolute atomic E-state index is 0.146. The van der Waals surface area contributed by atoms with Crippen molar-refractivity contribution in [3.05, 3.63) is 40.2 Å². The lowest BCUT2D eigenvalue weighted by atomic mass is 10.0. The van der Waals surface area contributed by atoms with Gasteiger partial charge in [0.05, 0.1) is 6.04 Å². The maximum absolute atomic E-state index is 11.8. The maximum Gasteiger partial charge on any atom is 0.273 e. The summed E-state index contributed by atoms with van der Waals surface area (Å²) in [6.07, 6.45) is 0. The molecule has 0 radical (unpaired) electrons. The number of carbonyl (C=O) groups is 1. The molecule has 2 aromatic rings. The van der Waals surface area contributed by atoms with Gasteiger partial charge in [0.1, 0.15) is 5.82 Å². The van der Waals surface area contributed by atoms with E-state index in [4.69, 9.17) is 0 Å². The third-order valence-electron chi connectivity index (χ3n) is 3.11. The molecule has 0 saturated heterocycles. The zero-order chi connectivity index (χ0) is 15.4. The predicted octanol–water partition coefficient (Wildman–Crippen LogP) is 3.05. The summed E-state index contributed by atoms with van der Waals surface area (Å²) in [5.41, 5.74) is 0.350. The fourth-order valence-electron chi connectivity index (χ4n) is 1.95. The molecular formula is C15H20N4OS. The first-order valence-electron chi connectivity index (χ1n) is 6.84. The molecule has 6 heteroatoms. The van der Waals surface area contributed by atoms with E-state index in [2.05, 4.69) is 40.8 Å². The summed E-state index contributed by atoms with van der Waals surface area (Å²) < 4.78 is 0. The van der Waals surface area contributed by atoms with Crippen LogP contribution >= 0.6 is 11.3 Å². The van der Waals surface area contributed by atoms with Crippen molar-refractivity contribution >= 4 is 23.1 Å². The van der Waals surface area contributed by atoms with Crippen molar-refractivity contribution in [2.24, 2.45) is 5.92 Å². The van der Waals surface area contributed by atoms with Gasteiger partial charge in [-0.1, -0.05) is 19.9 Å². The van der Waals surface area contributed by atoms with Gasteiger partial charge in [0.2, 0.25) is 0 Å². The Morgan fingerprint density at radius 3 is 2.48 bits per heavy atom. The maximum atomic E-state index is 11.8. The Bertz CT molecular complexity index is 578. The highest BCUT2D eigenvalue weighted by molar-refractivity contribution is 7.10. The minimum Gasteiger partial charge on any atom is -0.361 e. The lowest BCUT2D eigenvalue weighted by Gasteiger charge is -2.21. The number of hydrogen-bond acceptors (Lipinski definition) is 5. The monoisotopic (exact) mass is 304 g/mol. The summed E-state index contributed by atoms with van der Waals surface area (Å²) in [6.45, 7) is 4.32. The molecule has 0 aliphatic heterocycles. The Morgan fingerprint density at radius 2 is 2.00 bits per heavy atom. The Balaban J connectivity index is 2.13. The van der Waals surface area contributed by atoms with Crippen LogP contribution in [0.25, 0.3) is 0 Å². The van der Waals surface area contributed by atoms with E-state index in [9.17, 15) is 4.79 Å². The van der Waals surface area contributed by atoms with E-state index in [1.54, 1.807) is 37.6 Å². The van der Waals surface area contributed by atoms with E-state index in [1.807, 2.05) is 6.07 Å². The van der Waals surface area contributed by atoms with Crippen LogP contribution in [0.1, 0.15) is 35.3 Å². The number of rotatable bonds is 5. The highest BCUT2D eigenvalue weighted by Crippen LogP contribution is 2.28. The van der Waals surface area contributed by atoms with Crippen LogP contribution in [0.2, 0.25) is 0 Å². The molecule has 1 amide bonds. The van der Waals surface area contributed by atoms with Gasteiger partial charge in [0, 0.05) is 19.0 Å². The first-order chi connectivity index (χ1) is 9.99. The molecule has 2 heterocycles. The molecular weight excluding hydrogens is 284 g/mol. The molecule has 0 saturated carbocycles. The average molecular weight is 304 g/mol. The third kappa shape index (κ3) is 3.78. The van der Waals surface area contributed by atoms with Crippen molar-refractivity contribution in [2.75, 3.05) is 19.4 Å². The van der Waals surface area contributed by atoms with Gasteiger partial charge in [-0.2, -0.15) is 0 Å². The van der Waals surface area contributed by atoms with Crippen molar-refractivity contribution in [3.8, 4) is 0 Å². The Morgan fingerprint density at radius 1 is 1.24 bits per heavy atom. The summed E-state index contributed by atoms with van der Waals surface area (Å²) >= 11 is 1.72. The Kier molecular flexibility index (Phi) is 4.90. The molecule has 0 aromatic carbocycles. The number of nitrogens with zero attached hydrogens (tertiary/aromatic N) is 3. The second-order valence-corrected chi connectivity index (χ2v) is 6.36. The molecule has 0 spiro atoms. The van der Waals surface area contributed by atoms with E-state index in [0.717, 1.165) is 0 Å². The summed E-state index contributed by atoms with van der Waals surface area (Å²) in [6, 6.07) is 7.84.